The number of amides is 1. The van der Waals surface area contributed by atoms with Crippen molar-refractivity contribution in [1.82, 2.24) is 5.32 Å². The Balaban J connectivity index is 1.64. The van der Waals surface area contributed by atoms with Crippen LogP contribution < -0.4 is 5.32 Å². The van der Waals surface area contributed by atoms with E-state index in [1.807, 2.05) is 6.07 Å². The lowest BCUT2D eigenvalue weighted by Crippen LogP contribution is -2.33. The van der Waals surface area contributed by atoms with Crippen molar-refractivity contribution in [3.63, 3.8) is 0 Å². The van der Waals surface area contributed by atoms with Crippen molar-refractivity contribution in [3.8, 4) is 0 Å². The number of aryl methyl sites for hydroxylation is 1. The third-order valence-corrected chi connectivity index (χ3v) is 5.81. The molecule has 0 spiro atoms. The van der Waals surface area contributed by atoms with Gasteiger partial charge in [0.2, 0.25) is 6.10 Å². The summed E-state index contributed by atoms with van der Waals surface area (Å²) in [5.41, 5.74) is 1.14. The molecule has 2 aromatic carbocycles. The lowest BCUT2D eigenvalue weighted by atomic mass is 10.1. The summed E-state index contributed by atoms with van der Waals surface area (Å²) in [7, 11) is 0. The van der Waals surface area contributed by atoms with Gasteiger partial charge in [0.1, 0.15) is 10.7 Å². The second kappa shape index (κ2) is 7.12. The third kappa shape index (κ3) is 3.57. The van der Waals surface area contributed by atoms with Gasteiger partial charge in [-0.1, -0.05) is 36.4 Å². The maximum absolute atomic E-state index is 14.1. The molecule has 1 aliphatic carbocycles. The fourth-order valence-electron chi connectivity index (χ4n) is 3.01. The van der Waals surface area contributed by atoms with Gasteiger partial charge in [0.25, 0.3) is 5.91 Å². The van der Waals surface area contributed by atoms with Gasteiger partial charge in [0.05, 0.1) is 0 Å². The first-order valence-corrected chi connectivity index (χ1v) is 9.60. The molecule has 1 atom stereocenters. The monoisotopic (exact) mass is 383 g/mol. The number of hydrogen-bond acceptors (Lipinski definition) is 4. The number of esters is 1. The van der Waals surface area contributed by atoms with Crippen molar-refractivity contribution in [2.45, 2.75) is 31.9 Å². The highest BCUT2D eigenvalue weighted by atomic mass is 32.1. The fourth-order valence-corrected chi connectivity index (χ4v) is 4.12. The Labute approximate surface area is 160 Å². The average Bonchev–Trinajstić information content (AvgIpc) is 3.41. The standard InChI is InChI=1S/C21H18FNO3S/c1-12-17-15(22)8-5-9-16(17)27-19(12)21(25)26-18(13-6-3-2-4-7-13)20(24)23-14-10-11-14/h2-9,14,18H,10-11H2,1H3,(H,23,24)/t18-/m0/s1. The number of ether oxygens (including phenoxy) is 1. The van der Waals surface area contributed by atoms with Crippen LogP contribution in [-0.4, -0.2) is 17.9 Å². The van der Waals surface area contributed by atoms with Crippen molar-refractivity contribution < 1.29 is 18.7 Å². The summed E-state index contributed by atoms with van der Waals surface area (Å²) in [4.78, 5) is 25.8. The molecule has 0 aliphatic heterocycles. The van der Waals surface area contributed by atoms with Gasteiger partial charge in [-0.15, -0.1) is 11.3 Å². The topological polar surface area (TPSA) is 55.4 Å². The molecule has 138 valence electrons. The van der Waals surface area contributed by atoms with E-state index >= 15 is 0 Å². The molecule has 1 aliphatic rings. The molecule has 4 nitrogen and oxygen atoms in total. The van der Waals surface area contributed by atoms with Gasteiger partial charge < -0.3 is 10.1 Å². The molecule has 0 unspecified atom stereocenters. The maximum Gasteiger partial charge on any atom is 0.349 e. The molecule has 1 fully saturated rings. The minimum Gasteiger partial charge on any atom is -0.443 e. The van der Waals surface area contributed by atoms with Crippen LogP contribution in [0.1, 0.15) is 39.7 Å². The molecule has 0 bridgehead atoms. The first-order valence-electron chi connectivity index (χ1n) is 8.78. The molecular formula is C21H18FNO3S. The Morgan fingerprint density at radius 3 is 2.56 bits per heavy atom. The van der Waals surface area contributed by atoms with Crippen molar-refractivity contribution in [3.05, 3.63) is 70.4 Å². The predicted molar refractivity (Wildman–Crippen MR) is 102 cm³/mol. The van der Waals surface area contributed by atoms with Crippen LogP contribution in [0.25, 0.3) is 10.1 Å². The number of benzene rings is 2. The molecule has 0 saturated heterocycles. The molecule has 6 heteroatoms. The number of nitrogens with one attached hydrogen (secondary N) is 1. The van der Waals surface area contributed by atoms with Crippen molar-refractivity contribution >= 4 is 33.3 Å². The molecule has 1 amide bonds. The summed E-state index contributed by atoms with van der Waals surface area (Å²) in [6, 6.07) is 13.8. The van der Waals surface area contributed by atoms with Gasteiger partial charge in [0, 0.05) is 21.7 Å². The second-order valence-corrected chi connectivity index (χ2v) is 7.70. The summed E-state index contributed by atoms with van der Waals surface area (Å²) in [6.45, 7) is 1.69. The highest BCUT2D eigenvalue weighted by Gasteiger charge is 2.32. The quantitative estimate of drug-likeness (QED) is 0.659. The number of rotatable bonds is 5. The van der Waals surface area contributed by atoms with Crippen molar-refractivity contribution in [2.24, 2.45) is 0 Å². The van der Waals surface area contributed by atoms with Crippen LogP contribution in [0.2, 0.25) is 0 Å². The molecule has 4 rings (SSSR count). The molecule has 27 heavy (non-hydrogen) atoms. The zero-order chi connectivity index (χ0) is 19.0. The van der Waals surface area contributed by atoms with Gasteiger partial charge in [-0.25, -0.2) is 9.18 Å². The Hall–Kier alpha value is -2.73. The smallest absolute Gasteiger partial charge is 0.349 e. The largest absolute Gasteiger partial charge is 0.443 e. The van der Waals surface area contributed by atoms with Gasteiger partial charge in [-0.3, -0.25) is 4.79 Å². The van der Waals surface area contributed by atoms with E-state index in [0.717, 1.165) is 12.8 Å². The molecule has 1 N–H and O–H groups in total. The average molecular weight is 383 g/mol. The summed E-state index contributed by atoms with van der Waals surface area (Å²) in [6.07, 6.45) is 0.847. The highest BCUT2D eigenvalue weighted by molar-refractivity contribution is 7.21. The number of carbonyl (C=O) groups excluding carboxylic acids is 2. The minimum absolute atomic E-state index is 0.155. The molecule has 1 aromatic heterocycles. The number of carbonyl (C=O) groups is 2. The first-order chi connectivity index (χ1) is 13.0. The normalized spacial score (nSPS) is 14.7. The van der Waals surface area contributed by atoms with Gasteiger partial charge in [-0.05, 0) is 37.5 Å². The van der Waals surface area contributed by atoms with E-state index in [1.165, 1.54) is 17.4 Å². The van der Waals surface area contributed by atoms with E-state index in [4.69, 9.17) is 4.74 Å². The van der Waals surface area contributed by atoms with Gasteiger partial charge in [-0.2, -0.15) is 0 Å². The Morgan fingerprint density at radius 1 is 1.15 bits per heavy atom. The van der Waals surface area contributed by atoms with Crippen LogP contribution in [0.5, 0.6) is 0 Å². The molecule has 0 radical (unpaired) electrons. The minimum atomic E-state index is -1.03. The van der Waals surface area contributed by atoms with Gasteiger partial charge in [0.15, 0.2) is 0 Å². The summed E-state index contributed by atoms with van der Waals surface area (Å²) < 4.78 is 20.4. The Bertz CT molecular complexity index is 1010. The lowest BCUT2D eigenvalue weighted by Gasteiger charge is -2.17. The van der Waals surface area contributed by atoms with Crippen LogP contribution in [-0.2, 0) is 9.53 Å². The lowest BCUT2D eigenvalue weighted by molar-refractivity contribution is -0.130. The van der Waals surface area contributed by atoms with E-state index in [-0.39, 0.29) is 17.8 Å². The van der Waals surface area contributed by atoms with E-state index in [2.05, 4.69) is 5.32 Å². The van der Waals surface area contributed by atoms with E-state index in [0.29, 0.717) is 26.1 Å². The fraction of sp³-hybridized carbons (Fsp3) is 0.238. The second-order valence-electron chi connectivity index (χ2n) is 6.65. The zero-order valence-corrected chi connectivity index (χ0v) is 15.5. The zero-order valence-electron chi connectivity index (χ0n) is 14.7. The third-order valence-electron chi connectivity index (χ3n) is 4.58. The number of halogens is 1. The van der Waals surface area contributed by atoms with Crippen molar-refractivity contribution in [1.29, 1.82) is 0 Å². The molecular weight excluding hydrogens is 365 g/mol. The molecule has 1 heterocycles. The summed E-state index contributed by atoms with van der Waals surface area (Å²) in [5.74, 6) is -1.32. The highest BCUT2D eigenvalue weighted by Crippen LogP contribution is 2.34. The maximum atomic E-state index is 14.1. The van der Waals surface area contributed by atoms with E-state index in [9.17, 15) is 14.0 Å². The molecule has 1 saturated carbocycles. The van der Waals surface area contributed by atoms with Gasteiger partial charge >= 0.3 is 5.97 Å². The number of fused-ring (bicyclic) bond motifs is 1. The van der Waals surface area contributed by atoms with E-state index in [1.54, 1.807) is 43.3 Å². The predicted octanol–water partition coefficient (Wildman–Crippen LogP) is 4.53. The van der Waals surface area contributed by atoms with Crippen LogP contribution in [0, 0.1) is 12.7 Å². The van der Waals surface area contributed by atoms with Crippen molar-refractivity contribution in [2.75, 3.05) is 0 Å². The number of thiophene rings is 1. The van der Waals surface area contributed by atoms with E-state index < -0.39 is 12.1 Å². The van der Waals surface area contributed by atoms with Crippen LogP contribution >= 0.6 is 11.3 Å². The molecule has 3 aromatic rings. The van der Waals surface area contributed by atoms with Crippen LogP contribution in [0.3, 0.4) is 0 Å². The Morgan fingerprint density at radius 2 is 1.89 bits per heavy atom. The summed E-state index contributed by atoms with van der Waals surface area (Å²) >= 11 is 1.18. The first kappa shape index (κ1) is 17.7. The Kier molecular flexibility index (Phi) is 4.66. The number of hydrogen-bond donors (Lipinski definition) is 1. The SMILES string of the molecule is Cc1c(C(=O)O[C@H](C(=O)NC2CC2)c2ccccc2)sc2cccc(F)c12. The van der Waals surface area contributed by atoms with Crippen LogP contribution in [0.4, 0.5) is 4.39 Å². The summed E-state index contributed by atoms with van der Waals surface area (Å²) in [5, 5.41) is 3.31. The van der Waals surface area contributed by atoms with Crippen LogP contribution in [0.15, 0.2) is 48.5 Å².